The van der Waals surface area contributed by atoms with Crippen LogP contribution >= 0.6 is 11.3 Å². The molecule has 0 saturated heterocycles. The Kier molecular flexibility index (Phi) is 6.35. The van der Waals surface area contributed by atoms with Crippen LogP contribution in [0.1, 0.15) is 0 Å². The lowest BCUT2D eigenvalue weighted by Gasteiger charge is -2.13. The van der Waals surface area contributed by atoms with Gasteiger partial charge in [-0.05, 0) is 11.4 Å². The van der Waals surface area contributed by atoms with Gasteiger partial charge >= 0.3 is 5.69 Å². The molecule has 0 bridgehead atoms. The average Bonchev–Trinajstić information content (AvgIpc) is 3.20. The van der Waals surface area contributed by atoms with Crippen LogP contribution in [0.4, 0.5) is 5.69 Å². The third-order valence-corrected chi connectivity index (χ3v) is 5.18. The highest BCUT2D eigenvalue weighted by atomic mass is 32.1. The van der Waals surface area contributed by atoms with Crippen molar-refractivity contribution in [2.45, 2.75) is 13.1 Å². The lowest BCUT2D eigenvalue weighted by Crippen LogP contribution is -2.42. The molecule has 0 aliphatic rings. The molecule has 0 saturated carbocycles. The van der Waals surface area contributed by atoms with Crippen LogP contribution < -0.4 is 26.0 Å². The molecule has 2 heterocycles. The van der Waals surface area contributed by atoms with Crippen LogP contribution in [0.3, 0.4) is 0 Å². The number of hydrogen-bond donors (Lipinski definition) is 1. The Morgan fingerprint density at radius 3 is 2.38 bits per heavy atom. The number of carbonyl (C=O) groups is 1. The number of thiophene rings is 1. The second kappa shape index (κ2) is 8.93. The highest BCUT2D eigenvalue weighted by Gasteiger charge is 2.16. The van der Waals surface area contributed by atoms with E-state index in [4.69, 9.17) is 14.2 Å². The highest BCUT2D eigenvalue weighted by molar-refractivity contribution is 7.17. The fraction of sp³-hybridized carbons (Fsp3) is 0.316. The monoisotopic (exact) mass is 419 g/mol. The van der Waals surface area contributed by atoms with E-state index in [0.29, 0.717) is 27.4 Å². The third-order valence-electron chi connectivity index (χ3n) is 4.29. The predicted molar refractivity (Wildman–Crippen MR) is 110 cm³/mol. The second-order valence-corrected chi connectivity index (χ2v) is 7.02. The molecule has 0 unspecified atom stereocenters. The molecule has 0 atom stereocenters. The molecule has 1 N–H and O–H groups in total. The first kappa shape index (κ1) is 20.6. The lowest BCUT2D eigenvalue weighted by atomic mass is 10.2. The zero-order valence-electron chi connectivity index (χ0n) is 16.3. The number of nitrogens with one attached hydrogen (secondary N) is 1. The quantitative estimate of drug-likeness (QED) is 0.594. The van der Waals surface area contributed by atoms with E-state index in [2.05, 4.69) is 5.32 Å². The minimum Gasteiger partial charge on any atom is -0.497 e. The van der Waals surface area contributed by atoms with Crippen LogP contribution in [0.25, 0.3) is 10.2 Å². The molecule has 0 aliphatic carbocycles. The number of ether oxygens (including phenoxy) is 3. The zero-order valence-corrected chi connectivity index (χ0v) is 17.1. The fourth-order valence-corrected chi connectivity index (χ4v) is 3.73. The molecule has 0 radical (unpaired) electrons. The van der Waals surface area contributed by atoms with E-state index >= 15 is 0 Å². The maximum atomic E-state index is 12.9. The molecule has 29 heavy (non-hydrogen) atoms. The van der Waals surface area contributed by atoms with Crippen LogP contribution in [0.15, 0.2) is 39.2 Å². The Labute approximate surface area is 170 Å². The SMILES string of the molecule is COCCn1c(=O)c2sccc2n(CC(=O)Nc2cc(OC)cc(OC)c2)c1=O. The Bertz CT molecular complexity index is 1120. The van der Waals surface area contributed by atoms with Crippen LogP contribution in [-0.2, 0) is 22.6 Å². The molecule has 2 aromatic heterocycles. The molecule has 0 aliphatic heterocycles. The lowest BCUT2D eigenvalue weighted by molar-refractivity contribution is -0.116. The average molecular weight is 419 g/mol. The summed E-state index contributed by atoms with van der Waals surface area (Å²) in [4.78, 5) is 38.1. The Morgan fingerprint density at radius 1 is 1.07 bits per heavy atom. The first-order valence-corrected chi connectivity index (χ1v) is 9.59. The Morgan fingerprint density at radius 2 is 1.76 bits per heavy atom. The number of amides is 1. The van der Waals surface area contributed by atoms with Gasteiger partial charge in [-0.3, -0.25) is 18.7 Å². The summed E-state index contributed by atoms with van der Waals surface area (Å²) in [5.74, 6) is 0.613. The van der Waals surface area contributed by atoms with Gasteiger partial charge < -0.3 is 19.5 Å². The van der Waals surface area contributed by atoms with Gasteiger partial charge in [0.1, 0.15) is 22.7 Å². The molecule has 154 valence electrons. The normalized spacial score (nSPS) is 10.9. The van der Waals surface area contributed by atoms with Crippen molar-refractivity contribution >= 4 is 33.1 Å². The number of hydrogen-bond acceptors (Lipinski definition) is 7. The fourth-order valence-electron chi connectivity index (χ4n) is 2.89. The van der Waals surface area contributed by atoms with Crippen molar-refractivity contribution in [3.05, 3.63) is 50.5 Å². The number of carbonyl (C=O) groups excluding carboxylic acids is 1. The Hall–Kier alpha value is -3.11. The van der Waals surface area contributed by atoms with Gasteiger partial charge in [-0.2, -0.15) is 0 Å². The van der Waals surface area contributed by atoms with Crippen LogP contribution in [-0.4, -0.2) is 43.0 Å². The van der Waals surface area contributed by atoms with E-state index in [1.165, 1.54) is 37.2 Å². The molecule has 3 rings (SSSR count). The summed E-state index contributed by atoms with van der Waals surface area (Å²) in [6.07, 6.45) is 0. The minimum atomic E-state index is -0.559. The van der Waals surface area contributed by atoms with E-state index in [0.717, 1.165) is 4.57 Å². The maximum absolute atomic E-state index is 12.9. The van der Waals surface area contributed by atoms with E-state index in [9.17, 15) is 14.4 Å². The minimum absolute atomic E-state index is 0.108. The molecule has 0 spiro atoms. The second-order valence-electron chi connectivity index (χ2n) is 6.10. The van der Waals surface area contributed by atoms with Gasteiger partial charge in [0.2, 0.25) is 5.91 Å². The van der Waals surface area contributed by atoms with Crippen molar-refractivity contribution < 1.29 is 19.0 Å². The van der Waals surface area contributed by atoms with Gasteiger partial charge in [-0.25, -0.2) is 4.79 Å². The number of fused-ring (bicyclic) bond motifs is 1. The molecule has 9 nitrogen and oxygen atoms in total. The number of methoxy groups -OCH3 is 3. The van der Waals surface area contributed by atoms with Gasteiger partial charge in [0.25, 0.3) is 5.56 Å². The van der Waals surface area contributed by atoms with Crippen molar-refractivity contribution in [2.24, 2.45) is 0 Å². The van der Waals surface area contributed by atoms with Crippen LogP contribution in [0, 0.1) is 0 Å². The van der Waals surface area contributed by atoms with E-state index in [-0.39, 0.29) is 25.3 Å². The number of anilines is 1. The maximum Gasteiger partial charge on any atom is 0.332 e. The van der Waals surface area contributed by atoms with E-state index in [1.807, 2.05) is 0 Å². The number of aromatic nitrogens is 2. The van der Waals surface area contributed by atoms with Crippen molar-refractivity contribution in [3.8, 4) is 11.5 Å². The molecular weight excluding hydrogens is 398 g/mol. The molecule has 0 fully saturated rings. The van der Waals surface area contributed by atoms with Crippen molar-refractivity contribution in [3.63, 3.8) is 0 Å². The molecule has 10 heteroatoms. The standard InChI is InChI=1S/C19H21N3O6S/c1-26-6-5-21-18(24)17-15(4-7-29-17)22(19(21)25)11-16(23)20-12-8-13(27-2)10-14(9-12)28-3/h4,7-10H,5-6,11H2,1-3H3,(H,20,23). The zero-order chi connectivity index (χ0) is 21.0. The molecule has 1 amide bonds. The van der Waals surface area contributed by atoms with Gasteiger partial charge in [-0.15, -0.1) is 11.3 Å². The largest absolute Gasteiger partial charge is 0.497 e. The molecule has 1 aromatic carbocycles. The summed E-state index contributed by atoms with van der Waals surface area (Å²) >= 11 is 1.23. The summed E-state index contributed by atoms with van der Waals surface area (Å²) in [5.41, 5.74) is -0.0480. The van der Waals surface area contributed by atoms with Crippen molar-refractivity contribution in [1.29, 1.82) is 0 Å². The van der Waals surface area contributed by atoms with Crippen LogP contribution in [0.2, 0.25) is 0 Å². The third kappa shape index (κ3) is 4.33. The van der Waals surface area contributed by atoms with Gasteiger partial charge in [0, 0.05) is 31.0 Å². The highest BCUT2D eigenvalue weighted by Crippen LogP contribution is 2.25. The van der Waals surface area contributed by atoms with Crippen molar-refractivity contribution in [1.82, 2.24) is 9.13 Å². The predicted octanol–water partition coefficient (Wildman–Crippen LogP) is 1.53. The van der Waals surface area contributed by atoms with Gasteiger partial charge in [-0.1, -0.05) is 0 Å². The van der Waals surface area contributed by atoms with Crippen molar-refractivity contribution in [2.75, 3.05) is 33.3 Å². The Balaban J connectivity index is 1.94. The first-order valence-electron chi connectivity index (χ1n) is 8.71. The molecule has 3 aromatic rings. The van der Waals surface area contributed by atoms with Crippen LogP contribution in [0.5, 0.6) is 11.5 Å². The van der Waals surface area contributed by atoms with Gasteiger partial charge in [0.15, 0.2) is 0 Å². The first-order chi connectivity index (χ1) is 14.0. The smallest absolute Gasteiger partial charge is 0.332 e. The summed E-state index contributed by atoms with van der Waals surface area (Å²) in [6.45, 7) is 0.0669. The van der Waals surface area contributed by atoms with E-state index in [1.54, 1.807) is 29.6 Å². The molecular formula is C19H21N3O6S. The number of nitrogens with zero attached hydrogens (tertiary/aromatic N) is 2. The number of benzene rings is 1. The summed E-state index contributed by atoms with van der Waals surface area (Å²) in [5, 5.41) is 4.45. The topological polar surface area (TPSA) is 101 Å². The van der Waals surface area contributed by atoms with Gasteiger partial charge in [0.05, 0.1) is 32.9 Å². The summed E-state index contributed by atoms with van der Waals surface area (Å²) in [6, 6.07) is 6.62. The summed E-state index contributed by atoms with van der Waals surface area (Å²) < 4.78 is 18.2. The number of rotatable bonds is 8. The van der Waals surface area contributed by atoms with E-state index < -0.39 is 11.6 Å². The summed E-state index contributed by atoms with van der Waals surface area (Å²) in [7, 11) is 4.51.